The van der Waals surface area contributed by atoms with E-state index in [1.807, 2.05) is 62.4 Å². The second kappa shape index (κ2) is 8.55. The second-order valence-corrected chi connectivity index (χ2v) is 7.15. The summed E-state index contributed by atoms with van der Waals surface area (Å²) in [4.78, 5) is 17.8. The number of para-hydroxylation sites is 1. The number of carbonyl (C=O) groups is 1. The molecule has 0 saturated heterocycles. The lowest BCUT2D eigenvalue weighted by molar-refractivity contribution is 0.0281. The molecular weight excluding hydrogens is 394 g/mol. The Morgan fingerprint density at radius 3 is 2.55 bits per heavy atom. The highest BCUT2D eigenvalue weighted by atomic mass is 16.6. The zero-order chi connectivity index (χ0) is 22.0. The fraction of sp³-hybridized carbons (Fsp3) is 0.250. The van der Waals surface area contributed by atoms with Gasteiger partial charge in [-0.2, -0.15) is 0 Å². The molecule has 0 aliphatic rings. The van der Waals surface area contributed by atoms with Crippen LogP contribution in [0.3, 0.4) is 0 Å². The number of carbonyl (C=O) groups excluding carboxylic acids is 1. The van der Waals surface area contributed by atoms with Gasteiger partial charge in [-0.05, 0) is 56.2 Å². The van der Waals surface area contributed by atoms with Crippen molar-refractivity contribution in [3.63, 3.8) is 0 Å². The van der Waals surface area contributed by atoms with E-state index in [1.54, 1.807) is 14.0 Å². The minimum absolute atomic E-state index is 0.228. The van der Waals surface area contributed by atoms with Gasteiger partial charge < -0.3 is 13.9 Å². The third kappa shape index (κ3) is 3.99. The zero-order valence-electron chi connectivity index (χ0n) is 17.9. The molecule has 0 radical (unpaired) electrons. The molecule has 7 nitrogen and oxygen atoms in total. The van der Waals surface area contributed by atoms with Crippen LogP contribution in [0.25, 0.3) is 22.4 Å². The van der Waals surface area contributed by atoms with Gasteiger partial charge in [0.1, 0.15) is 5.75 Å². The average Bonchev–Trinajstić information content (AvgIpc) is 3.29. The predicted molar refractivity (Wildman–Crippen MR) is 116 cm³/mol. The molecular formula is C24H23N3O4. The van der Waals surface area contributed by atoms with Crippen molar-refractivity contribution in [2.24, 2.45) is 0 Å². The molecule has 0 fully saturated rings. The van der Waals surface area contributed by atoms with Crippen molar-refractivity contribution in [1.29, 1.82) is 0 Å². The van der Waals surface area contributed by atoms with Crippen LogP contribution in [0, 0.1) is 6.92 Å². The van der Waals surface area contributed by atoms with Crippen LogP contribution >= 0.6 is 0 Å². The number of aromatic nitrogens is 3. The number of hydrogen-bond donors (Lipinski definition) is 0. The number of aryl methyl sites for hydroxylation is 1. The molecule has 4 aromatic rings. The first-order valence-corrected chi connectivity index (χ1v) is 10.1. The van der Waals surface area contributed by atoms with Gasteiger partial charge in [-0.1, -0.05) is 25.1 Å². The fourth-order valence-electron chi connectivity index (χ4n) is 3.48. The number of nitrogens with zero attached hydrogens (tertiary/aromatic N) is 3. The number of pyridine rings is 1. The third-order valence-corrected chi connectivity index (χ3v) is 5.18. The van der Waals surface area contributed by atoms with Gasteiger partial charge in [0.05, 0.1) is 18.2 Å². The molecule has 2 aromatic heterocycles. The Morgan fingerprint density at radius 1 is 1.10 bits per heavy atom. The lowest BCUT2D eigenvalue weighted by Crippen LogP contribution is -2.13. The van der Waals surface area contributed by atoms with E-state index in [0.29, 0.717) is 11.5 Å². The van der Waals surface area contributed by atoms with Crippen molar-refractivity contribution in [2.45, 2.75) is 33.3 Å². The van der Waals surface area contributed by atoms with E-state index >= 15 is 0 Å². The lowest BCUT2D eigenvalue weighted by Gasteiger charge is -2.15. The summed E-state index contributed by atoms with van der Waals surface area (Å²) in [6.45, 7) is 5.62. The summed E-state index contributed by atoms with van der Waals surface area (Å²) in [5, 5.41) is 8.90. The van der Waals surface area contributed by atoms with Crippen LogP contribution in [0.15, 0.2) is 52.9 Å². The Morgan fingerprint density at radius 2 is 1.84 bits per heavy atom. The number of benzene rings is 2. The van der Waals surface area contributed by atoms with Gasteiger partial charge in [0.2, 0.25) is 5.89 Å². The van der Waals surface area contributed by atoms with Crippen molar-refractivity contribution in [3.8, 4) is 17.2 Å². The zero-order valence-corrected chi connectivity index (χ0v) is 17.9. The van der Waals surface area contributed by atoms with Gasteiger partial charge >= 0.3 is 5.97 Å². The highest BCUT2D eigenvalue weighted by Gasteiger charge is 2.24. The molecule has 0 N–H and O–H groups in total. The standard InChI is InChI=1S/C24H23N3O4/c1-5-19-14(2)21(18-8-6-7-9-20(18)25-19)24(28)30-15(3)22-26-27-23(31-22)16-10-12-17(29-4)13-11-16/h6-13,15H,5H2,1-4H3/t15-/m1/s1. The first kappa shape index (κ1) is 20.5. The van der Waals surface area contributed by atoms with Crippen molar-refractivity contribution in [1.82, 2.24) is 15.2 Å². The summed E-state index contributed by atoms with van der Waals surface area (Å²) >= 11 is 0. The van der Waals surface area contributed by atoms with Crippen molar-refractivity contribution < 1.29 is 18.7 Å². The monoisotopic (exact) mass is 417 g/mol. The Balaban J connectivity index is 1.60. The highest BCUT2D eigenvalue weighted by molar-refractivity contribution is 6.05. The molecule has 7 heteroatoms. The van der Waals surface area contributed by atoms with Gasteiger partial charge in [-0.3, -0.25) is 4.98 Å². The van der Waals surface area contributed by atoms with E-state index in [2.05, 4.69) is 15.2 Å². The third-order valence-electron chi connectivity index (χ3n) is 5.18. The largest absolute Gasteiger partial charge is 0.497 e. The Bertz CT molecular complexity index is 1230. The SMILES string of the molecule is CCc1nc2ccccc2c(C(=O)O[C@H](C)c2nnc(-c3ccc(OC)cc3)o2)c1C. The summed E-state index contributed by atoms with van der Waals surface area (Å²) in [6, 6.07) is 14.8. The van der Waals surface area contributed by atoms with Gasteiger partial charge in [0.25, 0.3) is 5.89 Å². The van der Waals surface area contributed by atoms with Crippen LogP contribution in [-0.2, 0) is 11.2 Å². The number of esters is 1. The predicted octanol–water partition coefficient (Wildman–Crippen LogP) is 5.08. The first-order valence-electron chi connectivity index (χ1n) is 10.1. The lowest BCUT2D eigenvalue weighted by atomic mass is 10.0. The van der Waals surface area contributed by atoms with E-state index in [1.165, 1.54) is 0 Å². The minimum atomic E-state index is -0.705. The maximum absolute atomic E-state index is 13.1. The van der Waals surface area contributed by atoms with E-state index in [4.69, 9.17) is 13.9 Å². The molecule has 0 aliphatic heterocycles. The first-order chi connectivity index (χ1) is 15.0. The summed E-state index contributed by atoms with van der Waals surface area (Å²) < 4.78 is 16.6. The smallest absolute Gasteiger partial charge is 0.339 e. The molecule has 158 valence electrons. The van der Waals surface area contributed by atoms with E-state index in [9.17, 15) is 4.79 Å². The molecule has 2 heterocycles. The molecule has 2 aromatic carbocycles. The molecule has 0 saturated carbocycles. The van der Waals surface area contributed by atoms with Crippen molar-refractivity contribution in [3.05, 3.63) is 71.2 Å². The van der Waals surface area contributed by atoms with E-state index in [0.717, 1.165) is 39.9 Å². The molecule has 1 atom stereocenters. The summed E-state index contributed by atoms with van der Waals surface area (Å²) in [6.07, 6.45) is 0.0184. The fourth-order valence-corrected chi connectivity index (χ4v) is 3.48. The van der Waals surface area contributed by atoms with Crippen LogP contribution in [0.1, 0.15) is 47.5 Å². The number of ether oxygens (including phenoxy) is 2. The summed E-state index contributed by atoms with van der Waals surface area (Å²) in [7, 11) is 1.60. The van der Waals surface area contributed by atoms with E-state index < -0.39 is 12.1 Å². The van der Waals surface area contributed by atoms with Crippen LogP contribution < -0.4 is 4.74 Å². The van der Waals surface area contributed by atoms with Gasteiger partial charge in [-0.25, -0.2) is 4.79 Å². The minimum Gasteiger partial charge on any atom is -0.497 e. The number of methoxy groups -OCH3 is 1. The molecule has 0 aliphatic carbocycles. The maximum atomic E-state index is 13.1. The molecule has 0 unspecified atom stereocenters. The summed E-state index contributed by atoms with van der Waals surface area (Å²) in [5.41, 5.74) is 3.73. The normalized spacial score (nSPS) is 12.0. The van der Waals surface area contributed by atoms with Gasteiger partial charge in [-0.15, -0.1) is 10.2 Å². The molecule has 4 rings (SSSR count). The Hall–Kier alpha value is -3.74. The van der Waals surface area contributed by atoms with Crippen LogP contribution in [-0.4, -0.2) is 28.3 Å². The topological polar surface area (TPSA) is 87.3 Å². The highest BCUT2D eigenvalue weighted by Crippen LogP contribution is 2.28. The number of fused-ring (bicyclic) bond motifs is 1. The van der Waals surface area contributed by atoms with Crippen molar-refractivity contribution in [2.75, 3.05) is 7.11 Å². The molecule has 0 bridgehead atoms. The quantitative estimate of drug-likeness (QED) is 0.404. The molecule has 0 amide bonds. The van der Waals surface area contributed by atoms with Gasteiger partial charge in [0, 0.05) is 16.6 Å². The molecule has 31 heavy (non-hydrogen) atoms. The Labute approximate surface area is 180 Å². The Kier molecular flexibility index (Phi) is 5.66. The van der Waals surface area contributed by atoms with E-state index in [-0.39, 0.29) is 5.89 Å². The number of rotatable bonds is 6. The van der Waals surface area contributed by atoms with Crippen LogP contribution in [0.2, 0.25) is 0 Å². The van der Waals surface area contributed by atoms with Gasteiger partial charge in [0.15, 0.2) is 6.10 Å². The van der Waals surface area contributed by atoms with Crippen LogP contribution in [0.4, 0.5) is 0 Å². The molecule has 0 spiro atoms. The maximum Gasteiger partial charge on any atom is 0.339 e. The van der Waals surface area contributed by atoms with Crippen molar-refractivity contribution >= 4 is 16.9 Å². The average molecular weight is 417 g/mol. The summed E-state index contributed by atoms with van der Waals surface area (Å²) in [5.74, 6) is 0.866. The van der Waals surface area contributed by atoms with Crippen LogP contribution in [0.5, 0.6) is 5.75 Å². The number of hydrogen-bond acceptors (Lipinski definition) is 7. The second-order valence-electron chi connectivity index (χ2n) is 7.15.